The molecule has 0 saturated carbocycles. The summed E-state index contributed by atoms with van der Waals surface area (Å²) in [6.45, 7) is 13.5. The topological polar surface area (TPSA) is 9.72 Å². The standard InChI is InChI=1S/C46H45N3Si/c1-30-17-31(2)20-36(19-30)15-16-46-42-11-7-8-12-43(42)47-40-25-34(5)21-37(28-40)27-38-22-35(6)26-41(29-38)49-45-14-10-9-13-44(45)48(50(46,47)49)39-23-32(3)18-33(4)24-39/h7-14,17-26,28-29,46H,15-16,27H2,1-6H3. The first-order chi connectivity index (χ1) is 24.2. The molecule has 4 heteroatoms. The molecular weight excluding hydrogens is 623 g/mol. The van der Waals surface area contributed by atoms with Gasteiger partial charge in [-0.2, -0.15) is 0 Å². The minimum absolute atomic E-state index is 0.264. The molecular formula is C46H45N3Si. The molecule has 0 fully saturated rings. The van der Waals surface area contributed by atoms with Crippen LogP contribution in [0.3, 0.4) is 0 Å². The summed E-state index contributed by atoms with van der Waals surface area (Å²) >= 11 is 0. The Bertz CT molecular complexity index is 2200. The van der Waals surface area contributed by atoms with Crippen LogP contribution in [0.4, 0.5) is 34.1 Å². The Morgan fingerprint density at radius 2 is 0.900 bits per heavy atom. The minimum atomic E-state index is -3.09. The Kier molecular flexibility index (Phi) is 7.12. The van der Waals surface area contributed by atoms with Gasteiger partial charge in [-0.3, -0.25) is 0 Å². The van der Waals surface area contributed by atoms with Crippen molar-refractivity contribution >= 4 is 42.7 Å². The van der Waals surface area contributed by atoms with Gasteiger partial charge in [-0.05, 0) is 160 Å². The molecule has 0 amide bonds. The molecule has 2 atom stereocenters. The van der Waals surface area contributed by atoms with E-state index >= 15 is 0 Å². The van der Waals surface area contributed by atoms with Crippen molar-refractivity contribution in [3.8, 4) is 0 Å². The summed E-state index contributed by atoms with van der Waals surface area (Å²) in [6.07, 6.45) is 2.98. The molecule has 1 spiro atoms. The number of nitrogens with zero attached hydrogens (tertiary/aromatic N) is 3. The molecule has 248 valence electrons. The fraction of sp³-hybridized carbons (Fsp3) is 0.217. The largest absolute Gasteiger partial charge is 0.401 e. The number of para-hydroxylation sites is 3. The zero-order valence-corrected chi connectivity index (χ0v) is 31.1. The van der Waals surface area contributed by atoms with Crippen LogP contribution in [0.15, 0.2) is 121 Å². The number of aryl methyl sites for hydroxylation is 7. The smallest absolute Gasteiger partial charge is 0.332 e. The van der Waals surface area contributed by atoms with Gasteiger partial charge in [0.1, 0.15) is 0 Å². The van der Waals surface area contributed by atoms with Crippen molar-refractivity contribution in [3.05, 3.63) is 177 Å². The summed E-state index contributed by atoms with van der Waals surface area (Å²) < 4.78 is 8.56. The van der Waals surface area contributed by atoms with Crippen molar-refractivity contribution in [2.24, 2.45) is 0 Å². The molecule has 3 heterocycles. The second-order valence-corrected chi connectivity index (χ2v) is 18.6. The van der Waals surface area contributed by atoms with Gasteiger partial charge in [0.2, 0.25) is 0 Å². The SMILES string of the molecule is Cc1cc(C)cc(CCC2c3ccccc3N3c4cc(C)cc(c4)Cc4cc(C)cc(c4)N4c5ccccc5N(c5cc(C)cc(C)c5)[Si]234)c1. The Labute approximate surface area is 298 Å². The summed E-state index contributed by atoms with van der Waals surface area (Å²) in [5.74, 6) is 0. The molecule has 3 aliphatic heterocycles. The van der Waals surface area contributed by atoms with E-state index in [4.69, 9.17) is 0 Å². The van der Waals surface area contributed by atoms with Crippen LogP contribution in [0.25, 0.3) is 0 Å². The lowest BCUT2D eigenvalue weighted by atomic mass is 9.99. The van der Waals surface area contributed by atoms with Crippen LogP contribution in [0.1, 0.15) is 67.6 Å². The highest BCUT2D eigenvalue weighted by atomic mass is 28.4. The average Bonchev–Trinajstić information content (AvgIpc) is 3.50. The number of benzene rings is 6. The molecule has 2 unspecified atom stereocenters. The second-order valence-electron chi connectivity index (χ2n) is 15.2. The number of anilines is 6. The Morgan fingerprint density at radius 1 is 0.480 bits per heavy atom. The van der Waals surface area contributed by atoms with Crippen LogP contribution in [-0.4, -0.2) is 8.56 Å². The lowest BCUT2D eigenvalue weighted by molar-refractivity contribution is 0.767. The van der Waals surface area contributed by atoms with E-state index in [0.717, 1.165) is 19.3 Å². The monoisotopic (exact) mass is 667 g/mol. The Hall–Kier alpha value is -5.06. The first-order valence-corrected chi connectivity index (χ1v) is 20.1. The first-order valence-electron chi connectivity index (χ1n) is 18.1. The van der Waals surface area contributed by atoms with Gasteiger partial charge in [-0.25, -0.2) is 0 Å². The predicted molar refractivity (Wildman–Crippen MR) is 213 cm³/mol. The fourth-order valence-corrected chi connectivity index (χ4v) is 15.6. The van der Waals surface area contributed by atoms with E-state index < -0.39 is 8.56 Å². The number of rotatable bonds is 4. The van der Waals surface area contributed by atoms with Crippen LogP contribution >= 0.6 is 0 Å². The third-order valence-corrected chi connectivity index (χ3v) is 16.0. The van der Waals surface area contributed by atoms with Crippen molar-refractivity contribution in [1.82, 2.24) is 0 Å². The molecule has 0 N–H and O–H groups in total. The number of hydrogen-bond donors (Lipinski definition) is 0. The van der Waals surface area contributed by atoms with E-state index in [1.165, 1.54) is 89.8 Å². The normalized spacial score (nSPS) is 18.4. The van der Waals surface area contributed by atoms with Gasteiger partial charge in [0.05, 0.1) is 11.4 Å². The first kappa shape index (κ1) is 31.0. The zero-order valence-electron chi connectivity index (χ0n) is 30.1. The highest BCUT2D eigenvalue weighted by Gasteiger charge is 2.68. The molecule has 3 aliphatic rings. The van der Waals surface area contributed by atoms with Crippen molar-refractivity contribution < 1.29 is 0 Å². The van der Waals surface area contributed by atoms with Crippen LogP contribution in [0.5, 0.6) is 0 Å². The third-order valence-electron chi connectivity index (χ3n) is 11.0. The quantitative estimate of drug-likeness (QED) is 0.173. The lowest BCUT2D eigenvalue weighted by Gasteiger charge is -2.50. The Morgan fingerprint density at radius 3 is 1.44 bits per heavy atom. The van der Waals surface area contributed by atoms with E-state index in [0.29, 0.717) is 0 Å². The van der Waals surface area contributed by atoms with Gasteiger partial charge in [0.25, 0.3) is 0 Å². The van der Waals surface area contributed by atoms with E-state index in [9.17, 15) is 0 Å². The van der Waals surface area contributed by atoms with Crippen molar-refractivity contribution in [2.75, 3.05) is 13.7 Å². The number of fused-ring (bicyclic) bond motifs is 10. The van der Waals surface area contributed by atoms with Crippen LogP contribution in [-0.2, 0) is 12.8 Å². The van der Waals surface area contributed by atoms with E-state index in [1.54, 1.807) is 0 Å². The number of hydrogen-bond acceptors (Lipinski definition) is 3. The predicted octanol–water partition coefficient (Wildman–Crippen LogP) is 11.8. The van der Waals surface area contributed by atoms with Gasteiger partial charge >= 0.3 is 8.56 Å². The highest BCUT2D eigenvalue weighted by molar-refractivity contribution is 6.96. The van der Waals surface area contributed by atoms with Crippen molar-refractivity contribution in [2.45, 2.75) is 66.3 Å². The molecule has 0 aliphatic carbocycles. The molecule has 0 saturated heterocycles. The lowest BCUT2D eigenvalue weighted by Crippen LogP contribution is -2.71. The second kappa shape index (κ2) is 11.5. The van der Waals surface area contributed by atoms with Crippen LogP contribution < -0.4 is 13.7 Å². The molecule has 50 heavy (non-hydrogen) atoms. The average molecular weight is 668 g/mol. The fourth-order valence-electron chi connectivity index (χ4n) is 9.66. The van der Waals surface area contributed by atoms with E-state index in [1.807, 2.05) is 0 Å². The van der Waals surface area contributed by atoms with Gasteiger partial charge in [-0.1, -0.05) is 77.9 Å². The molecule has 0 aromatic heterocycles. The van der Waals surface area contributed by atoms with Gasteiger partial charge in [-0.15, -0.1) is 0 Å². The molecule has 4 bridgehead atoms. The van der Waals surface area contributed by atoms with Crippen molar-refractivity contribution in [3.63, 3.8) is 0 Å². The molecule has 6 aromatic rings. The van der Waals surface area contributed by atoms with Crippen molar-refractivity contribution in [1.29, 1.82) is 0 Å². The maximum absolute atomic E-state index is 3.09. The van der Waals surface area contributed by atoms with Crippen LogP contribution in [0, 0.1) is 41.5 Å². The van der Waals surface area contributed by atoms with Gasteiger partial charge in [0, 0.05) is 28.3 Å². The zero-order chi connectivity index (χ0) is 34.3. The maximum Gasteiger partial charge on any atom is 0.401 e. The molecule has 6 aromatic carbocycles. The summed E-state index contributed by atoms with van der Waals surface area (Å²) in [4.78, 5) is 0. The van der Waals surface area contributed by atoms with E-state index in [2.05, 4.69) is 177 Å². The summed E-state index contributed by atoms with van der Waals surface area (Å²) in [7, 11) is -3.09. The molecule has 3 nitrogen and oxygen atoms in total. The minimum Gasteiger partial charge on any atom is -0.332 e. The summed E-state index contributed by atoms with van der Waals surface area (Å²) in [5.41, 5.74) is 21.7. The highest BCUT2D eigenvalue weighted by Crippen LogP contribution is 2.63. The van der Waals surface area contributed by atoms with E-state index in [-0.39, 0.29) is 5.54 Å². The van der Waals surface area contributed by atoms with Crippen LogP contribution in [0.2, 0.25) is 0 Å². The summed E-state index contributed by atoms with van der Waals surface area (Å²) in [6, 6.07) is 47.6. The molecule has 0 radical (unpaired) electrons. The maximum atomic E-state index is 2.86. The summed E-state index contributed by atoms with van der Waals surface area (Å²) in [5, 5.41) is 0. The van der Waals surface area contributed by atoms with Gasteiger partial charge < -0.3 is 13.7 Å². The third kappa shape index (κ3) is 4.76. The molecule has 9 rings (SSSR count). The Balaban J connectivity index is 1.42. The van der Waals surface area contributed by atoms with Gasteiger partial charge in [0.15, 0.2) is 0 Å².